The first-order valence-electron chi connectivity index (χ1n) is 6.26. The Labute approximate surface area is 110 Å². The number of β-amino-alcohol motifs (C(OH)–C–C–N with tert-alkyl or cyclic N) is 1. The van der Waals surface area contributed by atoms with Crippen molar-refractivity contribution >= 4 is 16.8 Å². The summed E-state index contributed by atoms with van der Waals surface area (Å²) in [6.07, 6.45) is 1.18. The van der Waals surface area contributed by atoms with E-state index >= 15 is 0 Å². The lowest BCUT2D eigenvalue weighted by Crippen LogP contribution is -2.44. The third-order valence-electron chi connectivity index (χ3n) is 3.66. The van der Waals surface area contributed by atoms with Crippen LogP contribution in [0, 0.1) is 0 Å². The Morgan fingerprint density at radius 2 is 2.32 bits per heavy atom. The lowest BCUT2D eigenvalue weighted by molar-refractivity contribution is 0.0581. The van der Waals surface area contributed by atoms with Crippen molar-refractivity contribution in [2.45, 2.75) is 12.1 Å². The molecule has 6 heteroatoms. The highest BCUT2D eigenvalue weighted by Crippen LogP contribution is 2.16. The molecule has 1 aliphatic rings. The summed E-state index contributed by atoms with van der Waals surface area (Å²) in [7, 11) is 1.72. The molecular weight excluding hydrogens is 244 g/mol. The summed E-state index contributed by atoms with van der Waals surface area (Å²) in [5.41, 5.74) is 1.51. The zero-order valence-electron chi connectivity index (χ0n) is 10.6. The Bertz CT molecular complexity index is 609. The summed E-state index contributed by atoms with van der Waals surface area (Å²) in [5.74, 6) is -0.0872. The third-order valence-corrected chi connectivity index (χ3v) is 3.66. The van der Waals surface area contributed by atoms with Crippen molar-refractivity contribution in [1.29, 1.82) is 0 Å². The van der Waals surface area contributed by atoms with Crippen LogP contribution in [-0.2, 0) is 0 Å². The van der Waals surface area contributed by atoms with E-state index in [0.717, 1.165) is 10.9 Å². The minimum atomic E-state index is -0.508. The molecule has 0 bridgehead atoms. The van der Waals surface area contributed by atoms with E-state index in [1.807, 2.05) is 12.1 Å². The van der Waals surface area contributed by atoms with E-state index in [-0.39, 0.29) is 11.9 Å². The molecule has 0 unspecified atom stereocenters. The SMILES string of the molecule is CN(C(=O)c1ccc2[nH]ncc2c1)[C@@H]1CNC[C@H]1O. The molecule has 6 nitrogen and oxygen atoms in total. The molecule has 1 fully saturated rings. The van der Waals surface area contributed by atoms with Gasteiger partial charge in [-0.2, -0.15) is 5.10 Å². The molecule has 2 heterocycles. The molecule has 100 valence electrons. The summed E-state index contributed by atoms with van der Waals surface area (Å²) < 4.78 is 0. The Morgan fingerprint density at radius 3 is 3.05 bits per heavy atom. The van der Waals surface area contributed by atoms with Gasteiger partial charge in [0.2, 0.25) is 0 Å². The number of nitrogens with one attached hydrogen (secondary N) is 2. The molecule has 2 atom stereocenters. The maximum Gasteiger partial charge on any atom is 0.254 e. The number of hydrogen-bond donors (Lipinski definition) is 3. The van der Waals surface area contributed by atoms with Crippen LogP contribution in [0.15, 0.2) is 24.4 Å². The maximum absolute atomic E-state index is 12.4. The fourth-order valence-corrected chi connectivity index (χ4v) is 2.48. The molecule has 0 saturated carbocycles. The molecule has 1 saturated heterocycles. The fourth-order valence-electron chi connectivity index (χ4n) is 2.48. The number of carbonyl (C=O) groups excluding carboxylic acids is 1. The van der Waals surface area contributed by atoms with Gasteiger partial charge in [0.05, 0.1) is 23.9 Å². The normalized spacial score (nSPS) is 22.8. The highest BCUT2D eigenvalue weighted by Gasteiger charge is 2.31. The second kappa shape index (κ2) is 4.64. The van der Waals surface area contributed by atoms with E-state index in [9.17, 15) is 9.90 Å². The molecule has 0 aliphatic carbocycles. The van der Waals surface area contributed by atoms with Crippen molar-refractivity contribution in [3.05, 3.63) is 30.0 Å². The molecule has 3 N–H and O–H groups in total. The number of hydrogen-bond acceptors (Lipinski definition) is 4. The molecule has 1 aromatic heterocycles. The maximum atomic E-state index is 12.4. The highest BCUT2D eigenvalue weighted by atomic mass is 16.3. The summed E-state index contributed by atoms with van der Waals surface area (Å²) in [4.78, 5) is 14.0. The molecular formula is C13H16N4O2. The number of aliphatic hydroxyl groups is 1. The lowest BCUT2D eigenvalue weighted by atomic mass is 10.1. The molecule has 19 heavy (non-hydrogen) atoms. The number of nitrogens with zero attached hydrogens (tertiary/aromatic N) is 2. The van der Waals surface area contributed by atoms with Crippen LogP contribution in [0.1, 0.15) is 10.4 Å². The molecule has 1 aromatic carbocycles. The van der Waals surface area contributed by atoms with Crippen LogP contribution in [0.5, 0.6) is 0 Å². The molecule has 1 amide bonds. The molecule has 2 aromatic rings. The first kappa shape index (κ1) is 12.1. The number of H-pyrrole nitrogens is 1. The summed E-state index contributed by atoms with van der Waals surface area (Å²) in [6.45, 7) is 1.15. The van der Waals surface area contributed by atoms with E-state index in [0.29, 0.717) is 18.7 Å². The Morgan fingerprint density at radius 1 is 1.47 bits per heavy atom. The summed E-state index contributed by atoms with van der Waals surface area (Å²) in [5, 5.41) is 20.6. The number of aromatic amines is 1. The molecule has 0 spiro atoms. The molecule has 0 radical (unpaired) electrons. The van der Waals surface area contributed by atoms with Gasteiger partial charge in [0.1, 0.15) is 0 Å². The third kappa shape index (κ3) is 2.09. The van der Waals surface area contributed by atoms with Gasteiger partial charge in [-0.05, 0) is 18.2 Å². The summed E-state index contributed by atoms with van der Waals surface area (Å²) >= 11 is 0. The van der Waals surface area contributed by atoms with Gasteiger partial charge >= 0.3 is 0 Å². The van der Waals surface area contributed by atoms with Crippen molar-refractivity contribution in [3.8, 4) is 0 Å². The van der Waals surface area contributed by atoms with Crippen molar-refractivity contribution in [2.75, 3.05) is 20.1 Å². The van der Waals surface area contributed by atoms with Crippen molar-refractivity contribution in [3.63, 3.8) is 0 Å². The van der Waals surface area contributed by atoms with Crippen LogP contribution in [0.4, 0.5) is 0 Å². The van der Waals surface area contributed by atoms with Crippen molar-refractivity contribution < 1.29 is 9.90 Å². The second-order valence-electron chi connectivity index (χ2n) is 4.88. The van der Waals surface area contributed by atoms with Crippen LogP contribution < -0.4 is 5.32 Å². The molecule has 1 aliphatic heterocycles. The standard InChI is InChI=1S/C13H16N4O2/c1-17(11-6-14-7-12(11)18)13(19)8-2-3-10-9(4-8)5-15-16-10/h2-5,11-12,14,18H,6-7H2,1H3,(H,15,16)/t11-,12-/m1/s1. The highest BCUT2D eigenvalue weighted by molar-refractivity contribution is 5.97. The van der Waals surface area contributed by atoms with Gasteiger partial charge < -0.3 is 15.3 Å². The quantitative estimate of drug-likeness (QED) is 0.708. The van der Waals surface area contributed by atoms with E-state index < -0.39 is 6.10 Å². The van der Waals surface area contributed by atoms with Gasteiger partial charge in [0.15, 0.2) is 0 Å². The molecule has 3 rings (SSSR count). The number of aromatic nitrogens is 2. The van der Waals surface area contributed by atoms with Gasteiger partial charge in [-0.1, -0.05) is 0 Å². The van der Waals surface area contributed by atoms with Crippen molar-refractivity contribution in [2.24, 2.45) is 0 Å². The van der Waals surface area contributed by atoms with E-state index in [2.05, 4.69) is 15.5 Å². The van der Waals surface area contributed by atoms with Gasteiger partial charge in [-0.3, -0.25) is 9.89 Å². The number of likely N-dealkylation sites (N-methyl/N-ethyl adjacent to an activating group) is 1. The predicted octanol–water partition coefficient (Wildman–Crippen LogP) is -0.0324. The zero-order chi connectivity index (χ0) is 13.4. The van der Waals surface area contributed by atoms with E-state index in [1.54, 1.807) is 24.2 Å². The summed E-state index contributed by atoms with van der Waals surface area (Å²) in [6, 6.07) is 5.25. The number of carbonyl (C=O) groups is 1. The van der Waals surface area contributed by atoms with Gasteiger partial charge in [-0.25, -0.2) is 0 Å². The van der Waals surface area contributed by atoms with Crippen LogP contribution in [0.3, 0.4) is 0 Å². The minimum Gasteiger partial charge on any atom is -0.390 e. The smallest absolute Gasteiger partial charge is 0.254 e. The average Bonchev–Trinajstić information content (AvgIpc) is 3.04. The van der Waals surface area contributed by atoms with E-state index in [1.165, 1.54) is 0 Å². The first-order chi connectivity index (χ1) is 9.16. The van der Waals surface area contributed by atoms with Crippen LogP contribution in [0.2, 0.25) is 0 Å². The number of rotatable bonds is 2. The number of fused-ring (bicyclic) bond motifs is 1. The Balaban J connectivity index is 1.86. The number of benzene rings is 1. The van der Waals surface area contributed by atoms with Gasteiger partial charge in [0.25, 0.3) is 5.91 Å². The van der Waals surface area contributed by atoms with Crippen LogP contribution >= 0.6 is 0 Å². The Hall–Kier alpha value is -1.92. The van der Waals surface area contributed by atoms with Crippen LogP contribution in [-0.4, -0.2) is 58.4 Å². The number of aliphatic hydroxyl groups excluding tert-OH is 1. The Kier molecular flexibility index (Phi) is 2.96. The fraction of sp³-hybridized carbons (Fsp3) is 0.385. The largest absolute Gasteiger partial charge is 0.390 e. The second-order valence-corrected chi connectivity index (χ2v) is 4.88. The minimum absolute atomic E-state index is 0.0872. The lowest BCUT2D eigenvalue weighted by Gasteiger charge is -2.26. The van der Waals surface area contributed by atoms with E-state index in [4.69, 9.17) is 0 Å². The monoisotopic (exact) mass is 260 g/mol. The zero-order valence-corrected chi connectivity index (χ0v) is 10.6. The average molecular weight is 260 g/mol. The van der Waals surface area contributed by atoms with Crippen LogP contribution in [0.25, 0.3) is 10.9 Å². The predicted molar refractivity (Wildman–Crippen MR) is 70.9 cm³/mol. The van der Waals surface area contributed by atoms with Gasteiger partial charge in [0, 0.05) is 31.1 Å². The first-order valence-corrected chi connectivity index (χ1v) is 6.26. The number of amides is 1. The topological polar surface area (TPSA) is 81.2 Å². The van der Waals surface area contributed by atoms with Crippen molar-refractivity contribution in [1.82, 2.24) is 20.4 Å². The van der Waals surface area contributed by atoms with Gasteiger partial charge in [-0.15, -0.1) is 0 Å².